The molecule has 0 unspecified atom stereocenters. The Morgan fingerprint density at radius 3 is 2.63 bits per heavy atom. The third-order valence-electron chi connectivity index (χ3n) is 2.73. The van der Waals surface area contributed by atoms with E-state index in [0.717, 1.165) is 5.69 Å². The van der Waals surface area contributed by atoms with Crippen LogP contribution in [0, 0.1) is 0 Å². The molecular formula is C14H10ClN3O. The summed E-state index contributed by atoms with van der Waals surface area (Å²) < 4.78 is 1.67. The second-order valence-corrected chi connectivity index (χ2v) is 4.36. The summed E-state index contributed by atoms with van der Waals surface area (Å²) in [6.45, 7) is 0. The van der Waals surface area contributed by atoms with E-state index in [9.17, 15) is 4.79 Å². The fourth-order valence-electron chi connectivity index (χ4n) is 1.88. The van der Waals surface area contributed by atoms with Crippen LogP contribution >= 0.6 is 11.6 Å². The highest BCUT2D eigenvalue weighted by molar-refractivity contribution is 6.33. The van der Waals surface area contributed by atoms with Crippen LogP contribution < -0.4 is 5.32 Å². The van der Waals surface area contributed by atoms with Crippen molar-refractivity contribution in [3.8, 4) is 0 Å². The lowest BCUT2D eigenvalue weighted by Gasteiger charge is -2.05. The zero-order valence-corrected chi connectivity index (χ0v) is 10.6. The Kier molecular flexibility index (Phi) is 2.93. The van der Waals surface area contributed by atoms with Crippen molar-refractivity contribution < 1.29 is 4.79 Å². The molecule has 0 aliphatic rings. The number of anilines is 1. The fourth-order valence-corrected chi connectivity index (χ4v) is 2.15. The van der Waals surface area contributed by atoms with Gasteiger partial charge in [0.15, 0.2) is 10.8 Å². The summed E-state index contributed by atoms with van der Waals surface area (Å²) >= 11 is 6.04. The lowest BCUT2D eigenvalue weighted by molar-refractivity contribution is 0.102. The highest BCUT2D eigenvalue weighted by Gasteiger charge is 2.17. The van der Waals surface area contributed by atoms with Crippen molar-refractivity contribution in [3.63, 3.8) is 0 Å². The van der Waals surface area contributed by atoms with Crippen molar-refractivity contribution in [2.75, 3.05) is 5.32 Å². The number of hydrogen-bond acceptors (Lipinski definition) is 2. The van der Waals surface area contributed by atoms with Gasteiger partial charge in [0.2, 0.25) is 0 Å². The number of aromatic nitrogens is 2. The van der Waals surface area contributed by atoms with Gasteiger partial charge < -0.3 is 5.32 Å². The quantitative estimate of drug-likeness (QED) is 0.778. The minimum absolute atomic E-state index is 0.194. The summed E-state index contributed by atoms with van der Waals surface area (Å²) in [6, 6.07) is 14.7. The van der Waals surface area contributed by atoms with E-state index in [1.807, 2.05) is 42.5 Å². The molecule has 19 heavy (non-hydrogen) atoms. The number of benzene rings is 1. The molecule has 0 aliphatic heterocycles. The number of carbonyl (C=O) groups excluding carboxylic acids is 1. The second kappa shape index (κ2) is 4.74. The van der Waals surface area contributed by atoms with Crippen LogP contribution in [0.4, 0.5) is 5.69 Å². The number of pyridine rings is 1. The zero-order valence-electron chi connectivity index (χ0n) is 9.88. The topological polar surface area (TPSA) is 46.4 Å². The molecule has 0 bridgehead atoms. The van der Waals surface area contributed by atoms with Crippen molar-refractivity contribution in [1.29, 1.82) is 0 Å². The van der Waals surface area contributed by atoms with Crippen molar-refractivity contribution >= 4 is 28.8 Å². The Balaban J connectivity index is 2.00. The smallest absolute Gasteiger partial charge is 0.275 e. The van der Waals surface area contributed by atoms with Crippen LogP contribution in [0.1, 0.15) is 10.5 Å². The van der Waals surface area contributed by atoms with Gasteiger partial charge >= 0.3 is 0 Å². The molecule has 1 N–H and O–H groups in total. The molecule has 5 heteroatoms. The molecule has 3 rings (SSSR count). The summed E-state index contributed by atoms with van der Waals surface area (Å²) in [6.07, 6.45) is 1.76. The maximum absolute atomic E-state index is 12.3. The van der Waals surface area contributed by atoms with Crippen LogP contribution in [0.3, 0.4) is 0 Å². The van der Waals surface area contributed by atoms with Gasteiger partial charge in [-0.25, -0.2) is 4.98 Å². The predicted molar refractivity (Wildman–Crippen MR) is 74.6 cm³/mol. The van der Waals surface area contributed by atoms with Gasteiger partial charge in [-0.15, -0.1) is 0 Å². The van der Waals surface area contributed by atoms with E-state index in [1.165, 1.54) is 0 Å². The Morgan fingerprint density at radius 2 is 1.84 bits per heavy atom. The lowest BCUT2D eigenvalue weighted by Crippen LogP contribution is -2.14. The van der Waals surface area contributed by atoms with Crippen LogP contribution in [0.5, 0.6) is 0 Å². The first-order valence-electron chi connectivity index (χ1n) is 5.75. The van der Waals surface area contributed by atoms with E-state index in [1.54, 1.807) is 16.7 Å². The van der Waals surface area contributed by atoms with Gasteiger partial charge in [-0.1, -0.05) is 35.9 Å². The molecule has 1 amide bonds. The number of carbonyl (C=O) groups is 1. The SMILES string of the molecule is O=C(Nc1ccccc1)c1c(Cl)nc2ccccn12. The van der Waals surface area contributed by atoms with Crippen LogP contribution in [0.2, 0.25) is 5.15 Å². The Labute approximate surface area is 114 Å². The van der Waals surface area contributed by atoms with E-state index in [2.05, 4.69) is 10.3 Å². The number of nitrogens with zero attached hydrogens (tertiary/aromatic N) is 2. The Morgan fingerprint density at radius 1 is 1.11 bits per heavy atom. The number of imidazole rings is 1. The maximum Gasteiger partial charge on any atom is 0.275 e. The number of para-hydroxylation sites is 1. The van der Waals surface area contributed by atoms with Gasteiger partial charge in [0.1, 0.15) is 5.65 Å². The van der Waals surface area contributed by atoms with Gasteiger partial charge in [0, 0.05) is 11.9 Å². The second-order valence-electron chi connectivity index (χ2n) is 4.00. The molecule has 4 nitrogen and oxygen atoms in total. The van der Waals surface area contributed by atoms with Gasteiger partial charge in [0.25, 0.3) is 5.91 Å². The molecule has 0 aliphatic carbocycles. The molecule has 0 saturated carbocycles. The van der Waals surface area contributed by atoms with Crippen LogP contribution in [0.15, 0.2) is 54.7 Å². The van der Waals surface area contributed by atoms with Crippen molar-refractivity contribution in [2.45, 2.75) is 0 Å². The van der Waals surface area contributed by atoms with Crippen molar-refractivity contribution in [3.05, 3.63) is 65.6 Å². The monoisotopic (exact) mass is 271 g/mol. The van der Waals surface area contributed by atoms with E-state index < -0.39 is 0 Å². The molecule has 0 saturated heterocycles. The van der Waals surface area contributed by atoms with Crippen LogP contribution in [0.25, 0.3) is 5.65 Å². The van der Waals surface area contributed by atoms with Gasteiger partial charge in [0.05, 0.1) is 0 Å². The van der Waals surface area contributed by atoms with Crippen molar-refractivity contribution in [2.24, 2.45) is 0 Å². The molecular weight excluding hydrogens is 262 g/mol. The third-order valence-corrected chi connectivity index (χ3v) is 3.00. The molecule has 1 aromatic carbocycles. The molecule has 0 atom stereocenters. The number of amides is 1. The Bertz CT molecular complexity index is 737. The number of rotatable bonds is 2. The van der Waals surface area contributed by atoms with E-state index in [4.69, 9.17) is 11.6 Å². The maximum atomic E-state index is 12.3. The largest absolute Gasteiger partial charge is 0.321 e. The zero-order chi connectivity index (χ0) is 13.2. The van der Waals surface area contributed by atoms with E-state index >= 15 is 0 Å². The molecule has 2 aromatic heterocycles. The lowest BCUT2D eigenvalue weighted by atomic mass is 10.3. The summed E-state index contributed by atoms with van der Waals surface area (Å²) in [5.41, 5.74) is 1.70. The number of nitrogens with one attached hydrogen (secondary N) is 1. The van der Waals surface area contributed by atoms with Gasteiger partial charge in [-0.05, 0) is 24.3 Å². The van der Waals surface area contributed by atoms with Gasteiger partial charge in [-0.2, -0.15) is 0 Å². The first kappa shape index (κ1) is 11.7. The third kappa shape index (κ3) is 2.18. The number of halogens is 1. The Hall–Kier alpha value is -2.33. The standard InChI is InChI=1S/C14H10ClN3O/c15-13-12(18-9-5-4-8-11(18)17-13)14(19)16-10-6-2-1-3-7-10/h1-9H,(H,16,19). The summed E-state index contributed by atoms with van der Waals surface area (Å²) in [5, 5.41) is 2.99. The normalized spacial score (nSPS) is 10.6. The van der Waals surface area contributed by atoms with E-state index in [-0.39, 0.29) is 11.1 Å². The minimum Gasteiger partial charge on any atom is -0.321 e. The average molecular weight is 272 g/mol. The van der Waals surface area contributed by atoms with E-state index in [0.29, 0.717) is 11.3 Å². The minimum atomic E-state index is -0.282. The summed E-state index contributed by atoms with van der Waals surface area (Å²) in [5.74, 6) is -0.282. The predicted octanol–water partition coefficient (Wildman–Crippen LogP) is 3.24. The molecule has 0 spiro atoms. The molecule has 94 valence electrons. The fraction of sp³-hybridized carbons (Fsp3) is 0. The highest BCUT2D eigenvalue weighted by atomic mass is 35.5. The van der Waals surface area contributed by atoms with Crippen LogP contribution in [-0.2, 0) is 0 Å². The number of hydrogen-bond donors (Lipinski definition) is 1. The van der Waals surface area contributed by atoms with Gasteiger partial charge in [-0.3, -0.25) is 9.20 Å². The number of fused-ring (bicyclic) bond motifs is 1. The molecule has 2 heterocycles. The first-order valence-corrected chi connectivity index (χ1v) is 6.12. The molecule has 3 aromatic rings. The molecule has 0 fully saturated rings. The average Bonchev–Trinajstić information content (AvgIpc) is 2.75. The first-order chi connectivity index (χ1) is 9.25. The molecule has 0 radical (unpaired) electrons. The highest BCUT2D eigenvalue weighted by Crippen LogP contribution is 2.19. The van der Waals surface area contributed by atoms with Crippen LogP contribution in [-0.4, -0.2) is 15.3 Å². The summed E-state index contributed by atoms with van der Waals surface area (Å²) in [4.78, 5) is 16.4. The van der Waals surface area contributed by atoms with Crippen molar-refractivity contribution in [1.82, 2.24) is 9.38 Å². The summed E-state index contributed by atoms with van der Waals surface area (Å²) in [7, 11) is 0.